The highest BCUT2D eigenvalue weighted by Gasteiger charge is 2.40. The number of para-hydroxylation sites is 1. The number of carbonyl (C=O) groups excluding carboxylic acids is 1. The molecule has 9 heteroatoms. The fourth-order valence-electron chi connectivity index (χ4n) is 3.12. The van der Waals surface area contributed by atoms with Crippen LogP contribution in [-0.4, -0.2) is 32.4 Å². The molecule has 0 aliphatic carbocycles. The van der Waals surface area contributed by atoms with Crippen LogP contribution in [0.4, 0.5) is 0 Å². The van der Waals surface area contributed by atoms with Gasteiger partial charge in [0.15, 0.2) is 17.3 Å². The van der Waals surface area contributed by atoms with Crippen molar-refractivity contribution in [3.8, 4) is 17.2 Å². The molecule has 9 nitrogen and oxygen atoms in total. The van der Waals surface area contributed by atoms with Crippen molar-refractivity contribution < 1.29 is 33.3 Å². The fraction of sp³-hybridized carbons (Fsp3) is 0.263. The van der Waals surface area contributed by atoms with Crippen molar-refractivity contribution in [2.24, 2.45) is 5.73 Å². The van der Waals surface area contributed by atoms with Crippen LogP contribution in [0.3, 0.4) is 0 Å². The molecule has 2 heterocycles. The first kappa shape index (κ1) is 19.3. The molecule has 28 heavy (non-hydrogen) atoms. The van der Waals surface area contributed by atoms with E-state index in [1.165, 1.54) is 21.3 Å². The molecule has 0 spiro atoms. The Bertz CT molecular complexity index is 1010. The van der Waals surface area contributed by atoms with Gasteiger partial charge in [-0.2, -0.15) is 0 Å². The molecule has 0 saturated heterocycles. The van der Waals surface area contributed by atoms with Gasteiger partial charge in [-0.1, -0.05) is 12.1 Å². The van der Waals surface area contributed by atoms with Crippen LogP contribution in [0.15, 0.2) is 44.9 Å². The van der Waals surface area contributed by atoms with Crippen LogP contribution in [0.2, 0.25) is 0 Å². The van der Waals surface area contributed by atoms with E-state index >= 15 is 0 Å². The Labute approximate surface area is 159 Å². The first-order chi connectivity index (χ1) is 13.5. The molecule has 1 aliphatic rings. The van der Waals surface area contributed by atoms with Gasteiger partial charge in [0.05, 0.1) is 27.2 Å². The van der Waals surface area contributed by atoms with Crippen LogP contribution >= 0.6 is 0 Å². The van der Waals surface area contributed by atoms with Crippen LogP contribution in [0.25, 0.3) is 0 Å². The summed E-state index contributed by atoms with van der Waals surface area (Å²) in [6, 6.07) is 6.12. The van der Waals surface area contributed by atoms with Gasteiger partial charge in [0.25, 0.3) is 0 Å². The average molecular weight is 389 g/mol. The van der Waals surface area contributed by atoms with Crippen molar-refractivity contribution >= 4 is 5.97 Å². The summed E-state index contributed by atoms with van der Waals surface area (Å²) in [5.74, 6) is -1.52. The standard InChI is InChI=1S/C19H19NO8/c1-24-12-6-4-5-10(15(12)25-2)13-14(19(23)26-3)18(20)28-16-11(22)7-9(8-21)27-17(13)16/h4-7,13,21H,8,20H2,1-3H3. The third-order valence-corrected chi connectivity index (χ3v) is 4.31. The molecule has 0 fully saturated rings. The normalized spacial score (nSPS) is 15.5. The summed E-state index contributed by atoms with van der Waals surface area (Å²) < 4.78 is 26.7. The molecule has 1 atom stereocenters. The largest absolute Gasteiger partial charge is 0.493 e. The van der Waals surface area contributed by atoms with Crippen molar-refractivity contribution in [3.63, 3.8) is 0 Å². The Morgan fingerprint density at radius 3 is 2.61 bits per heavy atom. The topological polar surface area (TPSA) is 130 Å². The minimum absolute atomic E-state index is 0.00213. The summed E-state index contributed by atoms with van der Waals surface area (Å²) in [6.07, 6.45) is 0. The Morgan fingerprint density at radius 2 is 2.00 bits per heavy atom. The maximum absolute atomic E-state index is 12.5. The molecule has 1 aromatic carbocycles. The number of fused-ring (bicyclic) bond motifs is 1. The van der Waals surface area contributed by atoms with Gasteiger partial charge >= 0.3 is 5.97 Å². The number of benzene rings is 1. The number of hydrogen-bond acceptors (Lipinski definition) is 9. The summed E-state index contributed by atoms with van der Waals surface area (Å²) in [5, 5.41) is 9.43. The zero-order valence-corrected chi connectivity index (χ0v) is 15.5. The van der Waals surface area contributed by atoms with Gasteiger partial charge in [-0.05, 0) is 6.07 Å². The van der Waals surface area contributed by atoms with Crippen molar-refractivity contribution in [2.45, 2.75) is 12.5 Å². The van der Waals surface area contributed by atoms with Crippen molar-refractivity contribution in [2.75, 3.05) is 21.3 Å². The molecular weight excluding hydrogens is 370 g/mol. The van der Waals surface area contributed by atoms with Gasteiger partial charge < -0.3 is 34.2 Å². The quantitative estimate of drug-likeness (QED) is 0.720. The number of esters is 1. The van der Waals surface area contributed by atoms with E-state index in [0.717, 1.165) is 6.07 Å². The number of rotatable bonds is 5. The van der Waals surface area contributed by atoms with E-state index < -0.39 is 23.9 Å². The Morgan fingerprint density at radius 1 is 1.25 bits per heavy atom. The number of ether oxygens (including phenoxy) is 4. The molecule has 3 N–H and O–H groups in total. The molecular formula is C19H19NO8. The minimum atomic E-state index is -0.986. The Balaban J connectivity index is 2.38. The predicted octanol–water partition coefficient (Wildman–Crippen LogP) is 1.02. The molecule has 2 aromatic rings. The maximum atomic E-state index is 12.5. The second kappa shape index (κ2) is 7.65. The van der Waals surface area contributed by atoms with Crippen LogP contribution in [0.5, 0.6) is 17.2 Å². The predicted molar refractivity (Wildman–Crippen MR) is 96.1 cm³/mol. The summed E-state index contributed by atoms with van der Waals surface area (Å²) in [5.41, 5.74) is 5.77. The summed E-state index contributed by atoms with van der Waals surface area (Å²) in [7, 11) is 4.10. The van der Waals surface area contributed by atoms with Crippen molar-refractivity contribution in [3.05, 3.63) is 63.0 Å². The second-order valence-corrected chi connectivity index (χ2v) is 5.82. The van der Waals surface area contributed by atoms with E-state index in [2.05, 4.69) is 0 Å². The zero-order valence-electron chi connectivity index (χ0n) is 15.5. The van der Waals surface area contributed by atoms with Gasteiger partial charge in [0, 0.05) is 11.6 Å². The third-order valence-electron chi connectivity index (χ3n) is 4.31. The van der Waals surface area contributed by atoms with Crippen LogP contribution < -0.4 is 25.4 Å². The van der Waals surface area contributed by atoms with E-state index in [0.29, 0.717) is 17.1 Å². The Hall–Kier alpha value is -3.46. The number of nitrogens with two attached hydrogens (primary N) is 1. The van der Waals surface area contributed by atoms with E-state index in [1.807, 2.05) is 0 Å². The minimum Gasteiger partial charge on any atom is -0.493 e. The number of methoxy groups -OCH3 is 3. The third kappa shape index (κ3) is 3.05. The van der Waals surface area contributed by atoms with Crippen LogP contribution in [0.1, 0.15) is 23.0 Å². The smallest absolute Gasteiger partial charge is 0.340 e. The molecule has 1 aromatic heterocycles. The molecule has 1 aliphatic heterocycles. The monoisotopic (exact) mass is 389 g/mol. The molecule has 0 saturated carbocycles. The van der Waals surface area contributed by atoms with E-state index in [4.69, 9.17) is 29.1 Å². The second-order valence-electron chi connectivity index (χ2n) is 5.82. The summed E-state index contributed by atoms with van der Waals surface area (Å²) >= 11 is 0. The van der Waals surface area contributed by atoms with Gasteiger partial charge in [-0.3, -0.25) is 4.79 Å². The van der Waals surface area contributed by atoms with E-state index in [9.17, 15) is 14.7 Å². The maximum Gasteiger partial charge on any atom is 0.340 e. The first-order valence-electron chi connectivity index (χ1n) is 8.21. The highest BCUT2D eigenvalue weighted by Crippen LogP contribution is 2.46. The molecule has 3 rings (SSSR count). The van der Waals surface area contributed by atoms with Crippen molar-refractivity contribution in [1.82, 2.24) is 0 Å². The SMILES string of the molecule is COC(=O)C1=C(N)Oc2c(oc(CO)cc2=O)C1c1cccc(OC)c1OC. The lowest BCUT2D eigenvalue weighted by atomic mass is 9.86. The van der Waals surface area contributed by atoms with Gasteiger partial charge in [0.2, 0.25) is 17.1 Å². The molecule has 0 bridgehead atoms. The van der Waals surface area contributed by atoms with Crippen LogP contribution in [0, 0.1) is 0 Å². The molecule has 1 unspecified atom stereocenters. The van der Waals surface area contributed by atoms with Gasteiger partial charge in [0.1, 0.15) is 17.9 Å². The summed E-state index contributed by atoms with van der Waals surface area (Å²) in [4.78, 5) is 24.9. The lowest BCUT2D eigenvalue weighted by molar-refractivity contribution is -0.136. The Kier molecular flexibility index (Phi) is 5.27. The fourth-order valence-corrected chi connectivity index (χ4v) is 3.12. The molecule has 0 amide bonds. The van der Waals surface area contributed by atoms with Gasteiger partial charge in [-0.15, -0.1) is 0 Å². The lowest BCUT2D eigenvalue weighted by Gasteiger charge is -2.28. The number of hydrogen-bond donors (Lipinski definition) is 2. The van der Waals surface area contributed by atoms with Crippen molar-refractivity contribution in [1.29, 1.82) is 0 Å². The molecule has 0 radical (unpaired) electrons. The van der Waals surface area contributed by atoms with E-state index in [-0.39, 0.29) is 28.7 Å². The molecule has 148 valence electrons. The highest BCUT2D eigenvalue weighted by atomic mass is 16.5. The first-order valence-corrected chi connectivity index (χ1v) is 8.21. The number of aliphatic hydroxyl groups is 1. The zero-order chi connectivity index (χ0) is 20.4. The average Bonchev–Trinajstić information content (AvgIpc) is 2.71. The summed E-state index contributed by atoms with van der Waals surface area (Å²) in [6.45, 7) is -0.517. The number of aliphatic hydroxyl groups excluding tert-OH is 1. The van der Waals surface area contributed by atoms with Crippen LogP contribution in [-0.2, 0) is 16.1 Å². The number of carbonyl (C=O) groups is 1. The lowest BCUT2D eigenvalue weighted by Crippen LogP contribution is -2.30. The van der Waals surface area contributed by atoms with Gasteiger partial charge in [-0.25, -0.2) is 4.79 Å². The van der Waals surface area contributed by atoms with E-state index in [1.54, 1.807) is 18.2 Å². The highest BCUT2D eigenvalue weighted by molar-refractivity contribution is 5.92.